The Morgan fingerprint density at radius 3 is 2.02 bits per heavy atom. The van der Waals surface area contributed by atoms with Crippen molar-refractivity contribution in [2.24, 2.45) is 33.8 Å². The molecule has 0 spiro atoms. The maximum absolute atomic E-state index is 14.1. The third-order valence-electron chi connectivity index (χ3n) is 8.87. The topological polar surface area (TPSA) is 171 Å². The SMILES string of the molecule is CN(Cc1ccccc1)C(=O)[C@@H](NC(=O)N[C@H](C(=O)N1C[C@H]2[C@@H]([C@H]1C(=O)NCC(=O)C(N)=O)C2(C)C)C(C)(C)C)C(C)(C)C. The van der Waals surface area contributed by atoms with Gasteiger partial charge in [0.05, 0.1) is 6.54 Å². The molecule has 2 fully saturated rings. The largest absolute Gasteiger partial charge is 0.363 e. The Bertz CT molecular complexity index is 1300. The van der Waals surface area contributed by atoms with Gasteiger partial charge in [0, 0.05) is 20.1 Å². The first-order valence-electron chi connectivity index (χ1n) is 14.9. The highest BCUT2D eigenvalue weighted by Crippen LogP contribution is 2.65. The van der Waals surface area contributed by atoms with Crippen molar-refractivity contribution in [3.05, 3.63) is 35.9 Å². The van der Waals surface area contributed by atoms with Crippen LogP contribution in [0.15, 0.2) is 30.3 Å². The summed E-state index contributed by atoms with van der Waals surface area (Å²) in [7, 11) is 1.68. The van der Waals surface area contributed by atoms with Gasteiger partial charge in [-0.2, -0.15) is 0 Å². The fourth-order valence-corrected chi connectivity index (χ4v) is 6.09. The van der Waals surface area contributed by atoms with E-state index < -0.39 is 65.0 Å². The van der Waals surface area contributed by atoms with E-state index in [1.54, 1.807) is 32.7 Å². The van der Waals surface area contributed by atoms with Crippen molar-refractivity contribution >= 4 is 35.4 Å². The molecule has 6 amide bonds. The number of hydrogen-bond donors (Lipinski definition) is 4. The third kappa shape index (κ3) is 7.57. The molecular weight excluding hydrogens is 564 g/mol. The van der Waals surface area contributed by atoms with Crippen LogP contribution in [0.4, 0.5) is 4.79 Å². The molecule has 12 heteroatoms. The first kappa shape index (κ1) is 34.5. The zero-order valence-electron chi connectivity index (χ0n) is 27.3. The normalized spacial score (nSPS) is 21.8. The minimum Gasteiger partial charge on any atom is -0.363 e. The van der Waals surface area contributed by atoms with E-state index in [9.17, 15) is 28.8 Å². The molecule has 44 heavy (non-hydrogen) atoms. The number of nitrogens with zero attached hydrogens (tertiary/aromatic N) is 2. The zero-order valence-corrected chi connectivity index (χ0v) is 27.3. The summed E-state index contributed by atoms with van der Waals surface area (Å²) in [6.07, 6.45) is 0. The highest BCUT2D eigenvalue weighted by Gasteiger charge is 2.69. The quantitative estimate of drug-likeness (QED) is 0.291. The molecule has 1 heterocycles. The van der Waals surface area contributed by atoms with Crippen molar-refractivity contribution in [3.8, 4) is 0 Å². The van der Waals surface area contributed by atoms with Crippen LogP contribution in [0.25, 0.3) is 0 Å². The maximum atomic E-state index is 14.1. The van der Waals surface area contributed by atoms with Crippen LogP contribution >= 0.6 is 0 Å². The molecule has 5 atom stereocenters. The van der Waals surface area contributed by atoms with Crippen molar-refractivity contribution < 1.29 is 28.8 Å². The van der Waals surface area contributed by atoms with Crippen molar-refractivity contribution in [3.63, 3.8) is 0 Å². The second-order valence-corrected chi connectivity index (χ2v) is 14.8. The van der Waals surface area contributed by atoms with E-state index in [-0.39, 0.29) is 23.2 Å². The van der Waals surface area contributed by atoms with Crippen LogP contribution in [0.1, 0.15) is 61.0 Å². The second kappa shape index (κ2) is 12.6. The van der Waals surface area contributed by atoms with Crippen molar-refractivity contribution in [2.75, 3.05) is 20.1 Å². The predicted molar refractivity (Wildman–Crippen MR) is 165 cm³/mol. The monoisotopic (exact) mass is 612 g/mol. The number of likely N-dealkylation sites (tertiary alicyclic amines) is 1. The number of Topliss-reactive ketones (excluding diaryl/α,β-unsaturated/α-hetero) is 1. The Morgan fingerprint density at radius 1 is 0.955 bits per heavy atom. The average Bonchev–Trinajstić information content (AvgIpc) is 3.23. The Kier molecular flexibility index (Phi) is 9.86. The number of carbonyl (C=O) groups excluding carboxylic acids is 6. The zero-order chi connectivity index (χ0) is 33.4. The van der Waals surface area contributed by atoms with Gasteiger partial charge in [-0.05, 0) is 33.6 Å². The molecular formula is C32H48N6O6. The summed E-state index contributed by atoms with van der Waals surface area (Å²) in [6.45, 7) is 15.1. The summed E-state index contributed by atoms with van der Waals surface area (Å²) < 4.78 is 0. The molecule has 1 aliphatic heterocycles. The summed E-state index contributed by atoms with van der Waals surface area (Å²) >= 11 is 0. The number of nitrogens with two attached hydrogens (primary N) is 1. The molecule has 1 aliphatic carbocycles. The highest BCUT2D eigenvalue weighted by atomic mass is 16.2. The predicted octanol–water partition coefficient (Wildman–Crippen LogP) is 1.43. The average molecular weight is 613 g/mol. The number of benzene rings is 1. The molecule has 242 valence electrons. The molecule has 5 N–H and O–H groups in total. The van der Waals surface area contributed by atoms with Crippen LogP contribution in [-0.4, -0.2) is 83.5 Å². The summed E-state index contributed by atoms with van der Waals surface area (Å²) in [6, 6.07) is 6.02. The van der Waals surface area contributed by atoms with Crippen LogP contribution in [0, 0.1) is 28.1 Å². The number of carbonyl (C=O) groups is 6. The molecule has 0 unspecified atom stereocenters. The van der Waals surface area contributed by atoms with Crippen LogP contribution in [0.2, 0.25) is 0 Å². The van der Waals surface area contributed by atoms with Gasteiger partial charge in [-0.3, -0.25) is 24.0 Å². The van der Waals surface area contributed by atoms with Crippen LogP contribution in [0.3, 0.4) is 0 Å². The Balaban J connectivity index is 1.78. The lowest BCUT2D eigenvalue weighted by atomic mass is 9.84. The second-order valence-electron chi connectivity index (χ2n) is 14.8. The lowest BCUT2D eigenvalue weighted by Crippen LogP contribution is -2.63. The summed E-state index contributed by atoms with van der Waals surface area (Å²) in [5.74, 6) is -3.46. The molecule has 0 aromatic heterocycles. The van der Waals surface area contributed by atoms with Gasteiger partial charge >= 0.3 is 6.03 Å². The molecule has 1 aromatic carbocycles. The van der Waals surface area contributed by atoms with Gasteiger partial charge in [-0.1, -0.05) is 85.7 Å². The summed E-state index contributed by atoms with van der Waals surface area (Å²) in [4.78, 5) is 80.3. The fourth-order valence-electron chi connectivity index (χ4n) is 6.09. The van der Waals surface area contributed by atoms with Gasteiger partial charge in [-0.25, -0.2) is 4.79 Å². The fraction of sp³-hybridized carbons (Fsp3) is 0.625. The molecule has 1 saturated carbocycles. The van der Waals surface area contributed by atoms with E-state index in [0.29, 0.717) is 13.1 Å². The van der Waals surface area contributed by atoms with Crippen molar-refractivity contribution in [1.82, 2.24) is 25.8 Å². The van der Waals surface area contributed by atoms with E-state index >= 15 is 0 Å². The van der Waals surface area contributed by atoms with Crippen molar-refractivity contribution in [2.45, 2.75) is 80.1 Å². The Morgan fingerprint density at radius 2 is 1.50 bits per heavy atom. The number of rotatable bonds is 10. The van der Waals surface area contributed by atoms with Gasteiger partial charge in [0.2, 0.25) is 23.5 Å². The molecule has 12 nitrogen and oxygen atoms in total. The first-order valence-corrected chi connectivity index (χ1v) is 14.9. The van der Waals surface area contributed by atoms with E-state index in [0.717, 1.165) is 5.56 Å². The standard InChI is InChI=1S/C32H48N6O6/c1-30(2,3)23(27(42)37(9)16-18-13-11-10-12-14-18)35-29(44)36-24(31(4,5)6)28(43)38-17-19-21(32(19,7)8)22(38)26(41)34-15-20(39)25(33)40/h10-14,19,21-24H,15-17H2,1-9H3,(H2,33,40)(H,34,41)(H2,35,36,44)/t19-,21-,22-,23+,24+/m0/s1. The van der Waals surface area contributed by atoms with Gasteiger partial charge in [-0.15, -0.1) is 0 Å². The summed E-state index contributed by atoms with van der Waals surface area (Å²) in [5.41, 5.74) is 4.37. The first-order chi connectivity index (χ1) is 20.2. The van der Waals surface area contributed by atoms with E-state index in [1.165, 1.54) is 4.90 Å². The van der Waals surface area contributed by atoms with Crippen LogP contribution < -0.4 is 21.7 Å². The van der Waals surface area contributed by atoms with E-state index in [4.69, 9.17) is 5.73 Å². The molecule has 3 rings (SSSR count). The number of urea groups is 1. The molecule has 1 aromatic rings. The minimum atomic E-state index is -1.16. The lowest BCUT2D eigenvalue weighted by Gasteiger charge is -2.38. The Hall–Kier alpha value is -3.96. The minimum absolute atomic E-state index is 0.0616. The number of fused-ring (bicyclic) bond motifs is 1. The number of primary amides is 1. The molecule has 0 radical (unpaired) electrons. The van der Waals surface area contributed by atoms with E-state index in [1.807, 2.05) is 65.0 Å². The van der Waals surface area contributed by atoms with E-state index in [2.05, 4.69) is 16.0 Å². The van der Waals surface area contributed by atoms with Crippen molar-refractivity contribution in [1.29, 1.82) is 0 Å². The van der Waals surface area contributed by atoms with Gasteiger partial charge in [0.25, 0.3) is 5.91 Å². The molecule has 1 saturated heterocycles. The lowest BCUT2D eigenvalue weighted by molar-refractivity contribution is -0.144. The van der Waals surface area contributed by atoms with Crippen LogP contribution in [0.5, 0.6) is 0 Å². The highest BCUT2D eigenvalue weighted by molar-refractivity contribution is 6.36. The molecule has 2 aliphatic rings. The van der Waals surface area contributed by atoms with Gasteiger partial charge in [0.1, 0.15) is 18.1 Å². The molecule has 0 bridgehead atoms. The van der Waals surface area contributed by atoms with Gasteiger partial charge in [0.15, 0.2) is 0 Å². The number of hydrogen-bond acceptors (Lipinski definition) is 6. The number of likely N-dealkylation sites (N-methyl/N-ethyl adjacent to an activating group) is 1. The Labute approximate surface area is 259 Å². The smallest absolute Gasteiger partial charge is 0.316 e. The number of amides is 6. The third-order valence-corrected chi connectivity index (χ3v) is 8.87. The summed E-state index contributed by atoms with van der Waals surface area (Å²) in [5, 5.41) is 8.06. The number of nitrogens with one attached hydrogen (secondary N) is 3. The number of ketones is 1. The number of piperidine rings is 1. The maximum Gasteiger partial charge on any atom is 0.316 e. The van der Waals surface area contributed by atoms with Crippen LogP contribution in [-0.2, 0) is 30.5 Å². The van der Waals surface area contributed by atoms with Gasteiger partial charge < -0.3 is 31.5 Å².